The summed E-state index contributed by atoms with van der Waals surface area (Å²) in [5.41, 5.74) is 0.504. The van der Waals surface area contributed by atoms with Gasteiger partial charge < -0.3 is 10.2 Å². The quantitative estimate of drug-likeness (QED) is 0.765. The van der Waals surface area contributed by atoms with Crippen LogP contribution in [0.2, 0.25) is 0 Å². The zero-order valence-corrected chi connectivity index (χ0v) is 10.2. The van der Waals surface area contributed by atoms with E-state index in [4.69, 9.17) is 0 Å². The van der Waals surface area contributed by atoms with Crippen LogP contribution in [-0.4, -0.2) is 36.0 Å². The number of likely N-dealkylation sites (tertiary alicyclic amines) is 1. The van der Waals surface area contributed by atoms with Crippen LogP contribution in [0.4, 0.5) is 0 Å². The summed E-state index contributed by atoms with van der Waals surface area (Å²) in [5, 5.41) is 3.47. The van der Waals surface area contributed by atoms with Crippen molar-refractivity contribution in [1.82, 2.24) is 10.2 Å². The molecule has 1 heterocycles. The molecular weight excluding hydrogens is 200 g/mol. The van der Waals surface area contributed by atoms with Crippen molar-refractivity contribution < 1.29 is 4.79 Å². The third-order valence-corrected chi connectivity index (χ3v) is 4.55. The average molecular weight is 222 g/mol. The van der Waals surface area contributed by atoms with Crippen LogP contribution < -0.4 is 5.32 Å². The lowest BCUT2D eigenvalue weighted by atomic mass is 10.0. The average Bonchev–Trinajstić information content (AvgIpc) is 3.17. The van der Waals surface area contributed by atoms with Crippen LogP contribution in [0.1, 0.15) is 45.4 Å². The second-order valence-corrected chi connectivity index (χ2v) is 5.90. The Morgan fingerprint density at radius 3 is 2.69 bits per heavy atom. The number of carbonyl (C=O) groups is 1. The molecule has 1 atom stereocenters. The molecule has 1 N–H and O–H groups in total. The fraction of sp³-hybridized carbons (Fsp3) is 0.923. The predicted octanol–water partition coefficient (Wildman–Crippen LogP) is 1.53. The van der Waals surface area contributed by atoms with Crippen LogP contribution in [-0.2, 0) is 4.79 Å². The molecule has 0 spiro atoms. The molecule has 1 unspecified atom stereocenters. The minimum Gasteiger partial charge on any atom is -0.341 e. The second-order valence-electron chi connectivity index (χ2n) is 5.90. The lowest BCUT2D eigenvalue weighted by molar-refractivity contribution is -0.130. The van der Waals surface area contributed by atoms with Crippen molar-refractivity contribution in [2.45, 2.75) is 57.5 Å². The van der Waals surface area contributed by atoms with E-state index in [0.717, 1.165) is 19.5 Å². The first-order chi connectivity index (χ1) is 7.72. The number of nitrogens with zero attached hydrogens (tertiary/aromatic N) is 1. The molecule has 0 radical (unpaired) electrons. The van der Waals surface area contributed by atoms with E-state index < -0.39 is 0 Å². The molecule has 0 aromatic rings. The first kappa shape index (κ1) is 10.6. The van der Waals surface area contributed by atoms with Crippen molar-refractivity contribution in [3.8, 4) is 0 Å². The number of hydrogen-bond donors (Lipinski definition) is 1. The number of nitrogens with one attached hydrogen (secondary N) is 1. The lowest BCUT2D eigenvalue weighted by Gasteiger charge is -2.22. The van der Waals surface area contributed by atoms with Crippen molar-refractivity contribution in [3.63, 3.8) is 0 Å². The van der Waals surface area contributed by atoms with Gasteiger partial charge in [-0.2, -0.15) is 0 Å². The van der Waals surface area contributed by atoms with Crippen LogP contribution in [0.5, 0.6) is 0 Å². The molecule has 3 heteroatoms. The first-order valence-electron chi connectivity index (χ1n) is 6.77. The number of amides is 1. The van der Waals surface area contributed by atoms with Gasteiger partial charge in [0.1, 0.15) is 0 Å². The van der Waals surface area contributed by atoms with Gasteiger partial charge in [-0.25, -0.2) is 0 Å². The molecular formula is C13H22N2O. The van der Waals surface area contributed by atoms with Gasteiger partial charge >= 0.3 is 0 Å². The van der Waals surface area contributed by atoms with E-state index in [1.54, 1.807) is 0 Å². The lowest BCUT2D eigenvalue weighted by Crippen LogP contribution is -2.41. The Bertz CT molecular complexity index is 294. The summed E-state index contributed by atoms with van der Waals surface area (Å²) in [6, 6.07) is 0.787. The van der Waals surface area contributed by atoms with E-state index in [0.29, 0.717) is 17.4 Å². The van der Waals surface area contributed by atoms with Crippen molar-refractivity contribution in [2.24, 2.45) is 5.41 Å². The van der Waals surface area contributed by atoms with Gasteiger partial charge in [0, 0.05) is 19.1 Å². The van der Waals surface area contributed by atoms with Gasteiger partial charge in [-0.05, 0) is 43.9 Å². The number of hydrogen-bond acceptors (Lipinski definition) is 2. The fourth-order valence-electron chi connectivity index (χ4n) is 2.79. The Balaban J connectivity index is 1.54. The molecule has 16 heavy (non-hydrogen) atoms. The fourth-order valence-corrected chi connectivity index (χ4v) is 2.79. The van der Waals surface area contributed by atoms with E-state index in [1.165, 1.54) is 32.1 Å². The Morgan fingerprint density at radius 2 is 2.12 bits per heavy atom. The van der Waals surface area contributed by atoms with Crippen molar-refractivity contribution in [2.75, 3.05) is 13.1 Å². The predicted molar refractivity (Wildman–Crippen MR) is 63.1 cm³/mol. The summed E-state index contributed by atoms with van der Waals surface area (Å²) in [6.07, 6.45) is 7.44. The third kappa shape index (κ3) is 1.97. The highest BCUT2D eigenvalue weighted by atomic mass is 16.2. The topological polar surface area (TPSA) is 32.3 Å². The molecule has 90 valence electrons. The maximum Gasteiger partial charge on any atom is 0.239 e. The molecule has 3 rings (SSSR count). The van der Waals surface area contributed by atoms with Gasteiger partial charge in [0.15, 0.2) is 0 Å². The van der Waals surface area contributed by atoms with E-state index in [-0.39, 0.29) is 6.04 Å². The Morgan fingerprint density at radius 1 is 1.38 bits per heavy atom. The molecule has 1 aliphatic heterocycles. The number of carbonyl (C=O) groups excluding carboxylic acids is 1. The van der Waals surface area contributed by atoms with Crippen LogP contribution in [0.15, 0.2) is 0 Å². The molecule has 3 fully saturated rings. The molecule has 0 bridgehead atoms. The zero-order chi connectivity index (χ0) is 11.2. The standard InChI is InChI=1S/C13H22N2O/c1-2-13(6-7-13)9-15-8-5-11(12(15)16)14-10-3-4-10/h10-11,14H,2-9H2,1H3. The van der Waals surface area contributed by atoms with Crippen LogP contribution in [0, 0.1) is 5.41 Å². The van der Waals surface area contributed by atoms with Gasteiger partial charge in [-0.1, -0.05) is 6.92 Å². The Labute approximate surface area is 97.6 Å². The van der Waals surface area contributed by atoms with E-state index in [9.17, 15) is 4.79 Å². The highest BCUT2D eigenvalue weighted by molar-refractivity contribution is 5.84. The third-order valence-electron chi connectivity index (χ3n) is 4.55. The summed E-state index contributed by atoms with van der Waals surface area (Å²) < 4.78 is 0. The molecule has 0 aromatic heterocycles. The smallest absolute Gasteiger partial charge is 0.239 e. The summed E-state index contributed by atoms with van der Waals surface area (Å²) >= 11 is 0. The second kappa shape index (κ2) is 3.73. The molecule has 1 amide bonds. The largest absolute Gasteiger partial charge is 0.341 e. The van der Waals surface area contributed by atoms with Crippen molar-refractivity contribution in [3.05, 3.63) is 0 Å². The van der Waals surface area contributed by atoms with Crippen molar-refractivity contribution >= 4 is 5.91 Å². The minimum absolute atomic E-state index is 0.139. The van der Waals surface area contributed by atoms with Crippen LogP contribution >= 0.6 is 0 Å². The molecule has 1 saturated heterocycles. The van der Waals surface area contributed by atoms with Crippen LogP contribution in [0.25, 0.3) is 0 Å². The van der Waals surface area contributed by atoms with Gasteiger partial charge in [0.2, 0.25) is 5.91 Å². The maximum absolute atomic E-state index is 12.2. The van der Waals surface area contributed by atoms with Gasteiger partial charge in [-0.3, -0.25) is 4.79 Å². The first-order valence-corrected chi connectivity index (χ1v) is 6.77. The molecule has 3 nitrogen and oxygen atoms in total. The summed E-state index contributed by atoms with van der Waals surface area (Å²) in [5.74, 6) is 0.367. The van der Waals surface area contributed by atoms with Gasteiger partial charge in [-0.15, -0.1) is 0 Å². The Kier molecular flexibility index (Phi) is 2.46. The SMILES string of the molecule is CCC1(CN2CCC(NC3CC3)C2=O)CC1. The minimum atomic E-state index is 0.139. The molecule has 3 aliphatic rings. The molecule has 2 saturated carbocycles. The summed E-state index contributed by atoms with van der Waals surface area (Å²) in [7, 11) is 0. The summed E-state index contributed by atoms with van der Waals surface area (Å²) in [6.45, 7) is 4.25. The molecule has 2 aliphatic carbocycles. The van der Waals surface area contributed by atoms with E-state index in [1.807, 2.05) is 0 Å². The molecule has 0 aromatic carbocycles. The Hall–Kier alpha value is -0.570. The monoisotopic (exact) mass is 222 g/mol. The van der Waals surface area contributed by atoms with E-state index in [2.05, 4.69) is 17.1 Å². The summed E-state index contributed by atoms with van der Waals surface area (Å²) in [4.78, 5) is 14.3. The highest BCUT2D eigenvalue weighted by Crippen LogP contribution is 2.49. The zero-order valence-electron chi connectivity index (χ0n) is 10.2. The van der Waals surface area contributed by atoms with Gasteiger partial charge in [0.25, 0.3) is 0 Å². The maximum atomic E-state index is 12.2. The highest BCUT2D eigenvalue weighted by Gasteiger charge is 2.45. The van der Waals surface area contributed by atoms with E-state index >= 15 is 0 Å². The number of rotatable bonds is 5. The normalized spacial score (nSPS) is 32.2. The van der Waals surface area contributed by atoms with Gasteiger partial charge in [0.05, 0.1) is 6.04 Å². The van der Waals surface area contributed by atoms with Crippen molar-refractivity contribution in [1.29, 1.82) is 0 Å². The van der Waals surface area contributed by atoms with Crippen LogP contribution in [0.3, 0.4) is 0 Å².